The molecule has 2 aromatic carbocycles. The van der Waals surface area contributed by atoms with E-state index in [1.54, 1.807) is 12.1 Å². The van der Waals surface area contributed by atoms with Gasteiger partial charge in [0.15, 0.2) is 0 Å². The maximum absolute atomic E-state index is 13.2. The number of rotatable bonds is 8. The summed E-state index contributed by atoms with van der Waals surface area (Å²) in [5.74, 6) is -0.782. The van der Waals surface area contributed by atoms with Crippen molar-refractivity contribution in [3.63, 3.8) is 0 Å². The van der Waals surface area contributed by atoms with Gasteiger partial charge < -0.3 is 14.5 Å². The zero-order valence-corrected chi connectivity index (χ0v) is 17.0. The molecule has 1 aliphatic rings. The highest BCUT2D eigenvalue weighted by Crippen LogP contribution is 2.32. The second-order valence-corrected chi connectivity index (χ2v) is 7.19. The maximum atomic E-state index is 13.2. The molecule has 8 heteroatoms. The van der Waals surface area contributed by atoms with Crippen molar-refractivity contribution < 1.29 is 19.2 Å². The van der Waals surface area contributed by atoms with Gasteiger partial charge in [-0.2, -0.15) is 0 Å². The molecule has 0 spiro atoms. The minimum absolute atomic E-state index is 0.0447. The van der Waals surface area contributed by atoms with Crippen molar-refractivity contribution in [3.05, 3.63) is 69.8 Å². The van der Waals surface area contributed by atoms with Crippen LogP contribution in [0, 0.1) is 10.1 Å². The van der Waals surface area contributed by atoms with Gasteiger partial charge in [0.1, 0.15) is 5.69 Å². The van der Waals surface area contributed by atoms with Crippen LogP contribution in [0.1, 0.15) is 35.2 Å². The van der Waals surface area contributed by atoms with E-state index in [2.05, 4.69) is 4.74 Å². The molecule has 1 heterocycles. The highest BCUT2D eigenvalue weighted by Gasteiger charge is 2.25. The highest BCUT2D eigenvalue weighted by molar-refractivity contribution is 5.96. The molecule has 0 aliphatic carbocycles. The Morgan fingerprint density at radius 2 is 1.83 bits per heavy atom. The molecule has 8 nitrogen and oxygen atoms in total. The number of hydrogen-bond donors (Lipinski definition) is 0. The molecule has 0 atom stereocenters. The molecule has 3 rings (SSSR count). The van der Waals surface area contributed by atoms with Crippen LogP contribution in [0.25, 0.3) is 0 Å². The molecule has 1 amide bonds. The summed E-state index contributed by atoms with van der Waals surface area (Å²) in [6.45, 7) is 1.99. The quantitative estimate of drug-likeness (QED) is 0.375. The topological polar surface area (TPSA) is 93.0 Å². The standard InChI is InChI=1S/C22H25N3O5/c1-30-21(26)11-14-24(16-17-7-3-2-4-8-17)22(27)18-9-10-19(20(15-18)25(28)29)23-12-5-6-13-23/h2-4,7-10,15H,5-6,11-14,16H2,1H3. The molecule has 0 unspecified atom stereocenters. The predicted molar refractivity (Wildman–Crippen MR) is 112 cm³/mol. The number of methoxy groups -OCH3 is 1. The summed E-state index contributed by atoms with van der Waals surface area (Å²) < 4.78 is 4.69. The molecule has 0 bridgehead atoms. The van der Waals surface area contributed by atoms with Crippen molar-refractivity contribution in [2.75, 3.05) is 31.6 Å². The Morgan fingerprint density at radius 1 is 1.13 bits per heavy atom. The third-order valence-electron chi connectivity index (χ3n) is 5.18. The first-order valence-electron chi connectivity index (χ1n) is 9.93. The number of anilines is 1. The second kappa shape index (κ2) is 9.87. The van der Waals surface area contributed by atoms with E-state index in [9.17, 15) is 19.7 Å². The van der Waals surface area contributed by atoms with Gasteiger partial charge in [-0.3, -0.25) is 19.7 Å². The fourth-order valence-corrected chi connectivity index (χ4v) is 3.60. The van der Waals surface area contributed by atoms with Crippen LogP contribution < -0.4 is 4.90 Å². The van der Waals surface area contributed by atoms with Crippen LogP contribution in [0.4, 0.5) is 11.4 Å². The van der Waals surface area contributed by atoms with E-state index in [1.807, 2.05) is 35.2 Å². The normalized spacial score (nSPS) is 13.2. The molecule has 158 valence electrons. The van der Waals surface area contributed by atoms with Crippen molar-refractivity contribution in [1.82, 2.24) is 4.90 Å². The van der Waals surface area contributed by atoms with Gasteiger partial charge in [-0.15, -0.1) is 0 Å². The summed E-state index contributed by atoms with van der Waals surface area (Å²) in [6.07, 6.45) is 2.04. The molecule has 0 saturated carbocycles. The van der Waals surface area contributed by atoms with Crippen LogP contribution in [0.5, 0.6) is 0 Å². The molecule has 1 saturated heterocycles. The Balaban J connectivity index is 1.87. The summed E-state index contributed by atoms with van der Waals surface area (Å²) in [4.78, 5) is 39.5. The van der Waals surface area contributed by atoms with Crippen LogP contribution >= 0.6 is 0 Å². The van der Waals surface area contributed by atoms with Crippen molar-refractivity contribution in [2.24, 2.45) is 0 Å². The zero-order valence-electron chi connectivity index (χ0n) is 17.0. The fourth-order valence-electron chi connectivity index (χ4n) is 3.60. The van der Waals surface area contributed by atoms with Crippen LogP contribution in [0.15, 0.2) is 48.5 Å². The highest BCUT2D eigenvalue weighted by atomic mass is 16.6. The van der Waals surface area contributed by atoms with Gasteiger partial charge in [-0.25, -0.2) is 0 Å². The summed E-state index contributed by atoms with van der Waals surface area (Å²) in [6, 6.07) is 14.0. The summed E-state index contributed by atoms with van der Waals surface area (Å²) in [5, 5.41) is 11.7. The van der Waals surface area contributed by atoms with Gasteiger partial charge in [-0.1, -0.05) is 30.3 Å². The van der Waals surface area contributed by atoms with Crippen LogP contribution in [0.2, 0.25) is 0 Å². The van der Waals surface area contributed by atoms with Crippen molar-refractivity contribution >= 4 is 23.3 Å². The lowest BCUT2D eigenvalue weighted by Gasteiger charge is -2.23. The number of esters is 1. The Bertz CT molecular complexity index is 910. The van der Waals surface area contributed by atoms with E-state index < -0.39 is 10.9 Å². The van der Waals surface area contributed by atoms with E-state index in [-0.39, 0.29) is 30.1 Å². The molecule has 0 radical (unpaired) electrons. The van der Waals surface area contributed by atoms with Crippen molar-refractivity contribution in [3.8, 4) is 0 Å². The number of hydrogen-bond acceptors (Lipinski definition) is 6. The van der Waals surface area contributed by atoms with Crippen LogP contribution in [-0.2, 0) is 16.1 Å². The lowest BCUT2D eigenvalue weighted by Crippen LogP contribution is -2.33. The number of carbonyl (C=O) groups is 2. The largest absolute Gasteiger partial charge is 0.469 e. The van der Waals surface area contributed by atoms with E-state index >= 15 is 0 Å². The Labute approximate surface area is 175 Å². The number of benzene rings is 2. The molecule has 1 aliphatic heterocycles. The molecule has 30 heavy (non-hydrogen) atoms. The van der Waals surface area contributed by atoms with Gasteiger partial charge in [0, 0.05) is 37.8 Å². The zero-order chi connectivity index (χ0) is 21.5. The molecule has 1 fully saturated rings. The molecular weight excluding hydrogens is 386 g/mol. The lowest BCUT2D eigenvalue weighted by molar-refractivity contribution is -0.384. The molecular formula is C22H25N3O5. The average molecular weight is 411 g/mol. The number of nitrogens with zero attached hydrogens (tertiary/aromatic N) is 3. The Kier molecular flexibility index (Phi) is 7.00. The minimum Gasteiger partial charge on any atom is -0.469 e. The fraction of sp³-hybridized carbons (Fsp3) is 0.364. The number of carbonyl (C=O) groups excluding carboxylic acids is 2. The number of nitro benzene ring substituents is 1. The first-order chi connectivity index (χ1) is 14.5. The second-order valence-electron chi connectivity index (χ2n) is 7.19. The van der Waals surface area contributed by atoms with Crippen LogP contribution in [0.3, 0.4) is 0 Å². The third-order valence-corrected chi connectivity index (χ3v) is 5.18. The van der Waals surface area contributed by atoms with Gasteiger partial charge in [-0.05, 0) is 30.5 Å². The summed E-state index contributed by atoms with van der Waals surface area (Å²) in [7, 11) is 1.30. The smallest absolute Gasteiger partial charge is 0.307 e. The SMILES string of the molecule is COC(=O)CCN(Cc1ccccc1)C(=O)c1ccc(N2CCCC2)c([N+](=O)[O-])c1. The lowest BCUT2D eigenvalue weighted by atomic mass is 10.1. The average Bonchev–Trinajstić information content (AvgIpc) is 3.31. The maximum Gasteiger partial charge on any atom is 0.307 e. The number of nitro groups is 1. The first-order valence-corrected chi connectivity index (χ1v) is 9.93. The Morgan fingerprint density at radius 3 is 2.47 bits per heavy atom. The first kappa shape index (κ1) is 21.3. The minimum atomic E-state index is -0.444. The molecule has 2 aromatic rings. The van der Waals surface area contributed by atoms with Gasteiger partial charge in [0.05, 0.1) is 18.5 Å². The summed E-state index contributed by atoms with van der Waals surface area (Å²) >= 11 is 0. The third kappa shape index (κ3) is 5.14. The van der Waals surface area contributed by atoms with Crippen molar-refractivity contribution in [1.29, 1.82) is 0 Å². The van der Waals surface area contributed by atoms with E-state index in [0.717, 1.165) is 31.5 Å². The summed E-state index contributed by atoms with van der Waals surface area (Å²) in [5.41, 5.74) is 1.60. The van der Waals surface area contributed by atoms with Gasteiger partial charge >= 0.3 is 5.97 Å². The molecule has 0 N–H and O–H groups in total. The van der Waals surface area contributed by atoms with Gasteiger partial charge in [0.25, 0.3) is 11.6 Å². The predicted octanol–water partition coefficient (Wildman–Crippen LogP) is 3.40. The number of amides is 1. The van der Waals surface area contributed by atoms with E-state index in [4.69, 9.17) is 0 Å². The molecule has 0 aromatic heterocycles. The van der Waals surface area contributed by atoms with Crippen molar-refractivity contribution in [2.45, 2.75) is 25.8 Å². The van der Waals surface area contributed by atoms with E-state index in [0.29, 0.717) is 12.2 Å². The van der Waals surface area contributed by atoms with Gasteiger partial charge in [0.2, 0.25) is 0 Å². The number of ether oxygens (including phenoxy) is 1. The monoisotopic (exact) mass is 411 g/mol. The van der Waals surface area contributed by atoms with E-state index in [1.165, 1.54) is 18.1 Å². The Hall–Kier alpha value is -3.42. The van der Waals surface area contributed by atoms with Crippen LogP contribution in [-0.4, -0.2) is 48.4 Å².